The third kappa shape index (κ3) is 4.11. The van der Waals surface area contributed by atoms with Crippen LogP contribution < -0.4 is 4.74 Å². The van der Waals surface area contributed by atoms with Crippen molar-refractivity contribution in [3.05, 3.63) is 59.8 Å². The van der Waals surface area contributed by atoms with E-state index in [0.29, 0.717) is 31.1 Å². The molecule has 2 aromatic rings. The smallest absolute Gasteiger partial charge is 0.255 e. The number of amides is 1. The van der Waals surface area contributed by atoms with Gasteiger partial charge in [-0.05, 0) is 25.5 Å². The van der Waals surface area contributed by atoms with Gasteiger partial charge in [0.15, 0.2) is 0 Å². The van der Waals surface area contributed by atoms with Gasteiger partial charge in [-0.3, -0.25) is 4.79 Å². The number of nitrogens with zero attached hydrogens (tertiary/aromatic N) is 2. The Balaban J connectivity index is 1.60. The molecule has 1 aromatic heterocycles. The van der Waals surface area contributed by atoms with Crippen molar-refractivity contribution in [2.45, 2.75) is 32.7 Å². The van der Waals surface area contributed by atoms with Crippen molar-refractivity contribution in [3.8, 4) is 5.88 Å². The molecule has 3 rings (SSSR count). The lowest BCUT2D eigenvalue weighted by molar-refractivity contribution is -0.0586. The SMILES string of the molecule is C[C@H]1CN(C(=O)c2ccc(OCc3ccccc3)nc2)C[C@H](C)O1. The van der Waals surface area contributed by atoms with Gasteiger partial charge in [0.25, 0.3) is 5.91 Å². The van der Waals surface area contributed by atoms with Gasteiger partial charge in [-0.2, -0.15) is 0 Å². The Morgan fingerprint density at radius 2 is 1.88 bits per heavy atom. The van der Waals surface area contributed by atoms with E-state index in [1.54, 1.807) is 18.3 Å². The summed E-state index contributed by atoms with van der Waals surface area (Å²) < 4.78 is 11.3. The summed E-state index contributed by atoms with van der Waals surface area (Å²) in [6.07, 6.45) is 1.69. The van der Waals surface area contributed by atoms with Crippen LogP contribution in [-0.2, 0) is 11.3 Å². The summed E-state index contributed by atoms with van der Waals surface area (Å²) in [7, 11) is 0. The molecular formula is C19H22N2O3. The number of morpholine rings is 1. The molecule has 1 fully saturated rings. The van der Waals surface area contributed by atoms with E-state index in [-0.39, 0.29) is 18.1 Å². The summed E-state index contributed by atoms with van der Waals surface area (Å²) in [5.74, 6) is 0.498. The first-order valence-corrected chi connectivity index (χ1v) is 8.19. The number of hydrogen-bond acceptors (Lipinski definition) is 4. The van der Waals surface area contributed by atoms with Gasteiger partial charge in [-0.1, -0.05) is 30.3 Å². The monoisotopic (exact) mass is 326 g/mol. The zero-order chi connectivity index (χ0) is 16.9. The number of ether oxygens (including phenoxy) is 2. The van der Waals surface area contributed by atoms with Gasteiger partial charge < -0.3 is 14.4 Å². The molecule has 0 bridgehead atoms. The molecule has 1 amide bonds. The van der Waals surface area contributed by atoms with Crippen LogP contribution in [0.15, 0.2) is 48.7 Å². The molecule has 0 aliphatic carbocycles. The minimum Gasteiger partial charge on any atom is -0.473 e. The number of hydrogen-bond donors (Lipinski definition) is 0. The fraction of sp³-hybridized carbons (Fsp3) is 0.368. The summed E-state index contributed by atoms with van der Waals surface area (Å²) in [6.45, 7) is 5.63. The number of rotatable bonds is 4. The highest BCUT2D eigenvalue weighted by atomic mass is 16.5. The van der Waals surface area contributed by atoms with E-state index >= 15 is 0 Å². The molecule has 1 saturated heterocycles. The maximum absolute atomic E-state index is 12.6. The standard InChI is InChI=1S/C19H22N2O3/c1-14-11-21(12-15(2)24-14)19(22)17-8-9-18(20-10-17)23-13-16-6-4-3-5-7-16/h3-10,14-15H,11-13H2,1-2H3/t14-,15-/m0/s1. The number of carbonyl (C=O) groups is 1. The van der Waals surface area contributed by atoms with Crippen LogP contribution in [0.2, 0.25) is 0 Å². The van der Waals surface area contributed by atoms with Crippen LogP contribution in [0, 0.1) is 0 Å². The van der Waals surface area contributed by atoms with Crippen molar-refractivity contribution >= 4 is 5.91 Å². The first-order chi connectivity index (χ1) is 11.6. The minimum atomic E-state index is -0.0147. The van der Waals surface area contributed by atoms with Gasteiger partial charge in [0.1, 0.15) is 6.61 Å². The maximum atomic E-state index is 12.6. The second kappa shape index (κ2) is 7.45. The van der Waals surface area contributed by atoms with Crippen LogP contribution in [0.3, 0.4) is 0 Å². The fourth-order valence-corrected chi connectivity index (χ4v) is 2.85. The Hall–Kier alpha value is -2.40. The molecule has 2 heterocycles. The molecule has 1 aliphatic rings. The second-order valence-corrected chi connectivity index (χ2v) is 6.13. The molecule has 0 radical (unpaired) electrons. The van der Waals surface area contributed by atoms with E-state index in [4.69, 9.17) is 9.47 Å². The Kier molecular flexibility index (Phi) is 5.11. The highest BCUT2D eigenvalue weighted by molar-refractivity contribution is 5.94. The van der Waals surface area contributed by atoms with Crippen molar-refractivity contribution < 1.29 is 14.3 Å². The highest BCUT2D eigenvalue weighted by Crippen LogP contribution is 2.16. The van der Waals surface area contributed by atoms with Crippen LogP contribution in [0.1, 0.15) is 29.8 Å². The van der Waals surface area contributed by atoms with Gasteiger partial charge in [0.2, 0.25) is 5.88 Å². The lowest BCUT2D eigenvalue weighted by Crippen LogP contribution is -2.48. The predicted octanol–water partition coefficient (Wildman–Crippen LogP) is 2.91. The molecule has 5 heteroatoms. The third-order valence-corrected chi connectivity index (χ3v) is 3.92. The fourth-order valence-electron chi connectivity index (χ4n) is 2.85. The Morgan fingerprint density at radius 1 is 1.17 bits per heavy atom. The van der Waals surface area contributed by atoms with Crippen LogP contribution >= 0.6 is 0 Å². The molecule has 5 nitrogen and oxygen atoms in total. The molecule has 1 aromatic carbocycles. The molecular weight excluding hydrogens is 304 g/mol. The zero-order valence-electron chi connectivity index (χ0n) is 14.0. The first-order valence-electron chi connectivity index (χ1n) is 8.19. The van der Waals surface area contributed by atoms with Crippen LogP contribution in [0.25, 0.3) is 0 Å². The molecule has 126 valence electrons. The van der Waals surface area contributed by atoms with Crippen LogP contribution in [-0.4, -0.2) is 41.1 Å². The summed E-state index contributed by atoms with van der Waals surface area (Å²) >= 11 is 0. The summed E-state index contributed by atoms with van der Waals surface area (Å²) in [5, 5.41) is 0. The third-order valence-electron chi connectivity index (χ3n) is 3.92. The molecule has 0 unspecified atom stereocenters. The van der Waals surface area contributed by atoms with E-state index in [2.05, 4.69) is 4.98 Å². The molecule has 0 saturated carbocycles. The van der Waals surface area contributed by atoms with Crippen molar-refractivity contribution in [1.29, 1.82) is 0 Å². The van der Waals surface area contributed by atoms with Crippen molar-refractivity contribution in [1.82, 2.24) is 9.88 Å². The predicted molar refractivity (Wildman–Crippen MR) is 90.9 cm³/mol. The lowest BCUT2D eigenvalue weighted by atomic mass is 10.2. The normalized spacial score (nSPS) is 20.7. The summed E-state index contributed by atoms with van der Waals surface area (Å²) in [5.41, 5.74) is 1.65. The number of benzene rings is 1. The minimum absolute atomic E-state index is 0.0147. The van der Waals surface area contributed by atoms with Gasteiger partial charge in [0.05, 0.1) is 17.8 Å². The molecule has 24 heavy (non-hydrogen) atoms. The summed E-state index contributed by atoms with van der Waals surface area (Å²) in [4.78, 5) is 18.6. The van der Waals surface area contributed by atoms with Crippen molar-refractivity contribution in [2.24, 2.45) is 0 Å². The first kappa shape index (κ1) is 16.5. The van der Waals surface area contributed by atoms with E-state index in [1.807, 2.05) is 49.1 Å². The van der Waals surface area contributed by atoms with Gasteiger partial charge in [0, 0.05) is 25.4 Å². The van der Waals surface area contributed by atoms with Crippen LogP contribution in [0.5, 0.6) is 5.88 Å². The molecule has 0 N–H and O–H groups in total. The Morgan fingerprint density at radius 3 is 2.50 bits per heavy atom. The largest absolute Gasteiger partial charge is 0.473 e. The van der Waals surface area contributed by atoms with Crippen molar-refractivity contribution in [3.63, 3.8) is 0 Å². The second-order valence-electron chi connectivity index (χ2n) is 6.13. The number of pyridine rings is 1. The van der Waals surface area contributed by atoms with Crippen LogP contribution in [0.4, 0.5) is 0 Å². The van der Waals surface area contributed by atoms with E-state index in [0.717, 1.165) is 5.56 Å². The maximum Gasteiger partial charge on any atom is 0.255 e. The highest BCUT2D eigenvalue weighted by Gasteiger charge is 2.26. The van der Waals surface area contributed by atoms with E-state index in [9.17, 15) is 4.79 Å². The zero-order valence-corrected chi connectivity index (χ0v) is 14.0. The average Bonchev–Trinajstić information content (AvgIpc) is 2.60. The van der Waals surface area contributed by atoms with Gasteiger partial charge in [-0.25, -0.2) is 4.98 Å². The van der Waals surface area contributed by atoms with Gasteiger partial charge >= 0.3 is 0 Å². The molecule has 2 atom stereocenters. The summed E-state index contributed by atoms with van der Waals surface area (Å²) in [6, 6.07) is 13.4. The quantitative estimate of drug-likeness (QED) is 0.867. The lowest BCUT2D eigenvalue weighted by Gasteiger charge is -2.35. The molecule has 1 aliphatic heterocycles. The van der Waals surface area contributed by atoms with E-state index < -0.39 is 0 Å². The average molecular weight is 326 g/mol. The molecule has 0 spiro atoms. The van der Waals surface area contributed by atoms with E-state index in [1.165, 1.54) is 0 Å². The number of aromatic nitrogens is 1. The number of carbonyl (C=O) groups excluding carboxylic acids is 1. The van der Waals surface area contributed by atoms with Crippen molar-refractivity contribution in [2.75, 3.05) is 13.1 Å². The topological polar surface area (TPSA) is 51.7 Å². The van der Waals surface area contributed by atoms with Gasteiger partial charge in [-0.15, -0.1) is 0 Å². The Labute approximate surface area is 142 Å². The Bertz CT molecular complexity index is 663.